The first-order valence-electron chi connectivity index (χ1n) is 7.26. The Labute approximate surface area is 134 Å². The van der Waals surface area contributed by atoms with Gasteiger partial charge in [-0.05, 0) is 37.1 Å². The van der Waals surface area contributed by atoms with Crippen molar-refractivity contribution in [2.75, 3.05) is 11.0 Å². The minimum absolute atomic E-state index is 0.367. The van der Waals surface area contributed by atoms with Crippen LogP contribution >= 0.6 is 0 Å². The van der Waals surface area contributed by atoms with E-state index in [1.165, 1.54) is 0 Å². The summed E-state index contributed by atoms with van der Waals surface area (Å²) in [5.74, 6) is 0.762. The molecule has 0 atom stereocenters. The van der Waals surface area contributed by atoms with Gasteiger partial charge in [-0.2, -0.15) is 10.2 Å². The number of hydrogen-bond donors (Lipinski definition) is 1. The van der Waals surface area contributed by atoms with Gasteiger partial charge in [-0.3, -0.25) is 4.72 Å². The van der Waals surface area contributed by atoms with Gasteiger partial charge in [0.15, 0.2) is 0 Å². The maximum Gasteiger partial charge on any atom is 0.247 e. The van der Waals surface area contributed by atoms with Gasteiger partial charge in [0.2, 0.25) is 21.7 Å². The summed E-state index contributed by atoms with van der Waals surface area (Å²) in [5.41, 5.74) is 0.498. The molecule has 1 fully saturated rings. The number of benzene rings is 1. The van der Waals surface area contributed by atoms with E-state index >= 15 is 0 Å². The molecule has 8 heteroatoms. The van der Waals surface area contributed by atoms with E-state index in [0.29, 0.717) is 23.0 Å². The first kappa shape index (κ1) is 15.5. The molecule has 1 heterocycles. The predicted octanol–water partition coefficient (Wildman–Crippen LogP) is 2.44. The van der Waals surface area contributed by atoms with Gasteiger partial charge in [0.1, 0.15) is 5.41 Å². The fourth-order valence-electron chi connectivity index (χ4n) is 2.79. The Hall–Kier alpha value is -2.40. The number of nitriles is 1. The predicted molar refractivity (Wildman–Crippen MR) is 84.0 cm³/mol. The zero-order chi connectivity index (χ0) is 16.5. The zero-order valence-corrected chi connectivity index (χ0v) is 13.4. The SMILES string of the molecule is CS(=O)(=O)Nc1ccc(-c2noc(C3(C#N)CCCC3)n2)cc1. The second-order valence-corrected chi connectivity index (χ2v) is 7.52. The van der Waals surface area contributed by atoms with Crippen LogP contribution in [0.4, 0.5) is 5.69 Å². The highest BCUT2D eigenvalue weighted by Gasteiger charge is 2.41. The molecule has 1 aliphatic carbocycles. The molecule has 0 saturated heterocycles. The minimum atomic E-state index is -3.31. The second-order valence-electron chi connectivity index (χ2n) is 5.78. The van der Waals surface area contributed by atoms with Crippen LogP contribution in [0.15, 0.2) is 28.8 Å². The molecule has 1 N–H and O–H groups in total. The van der Waals surface area contributed by atoms with Crippen LogP contribution in [-0.2, 0) is 15.4 Å². The summed E-state index contributed by atoms with van der Waals surface area (Å²) in [5, 5.41) is 13.4. The number of rotatable bonds is 4. The first-order chi connectivity index (χ1) is 10.9. The van der Waals surface area contributed by atoms with E-state index in [9.17, 15) is 13.7 Å². The lowest BCUT2D eigenvalue weighted by Gasteiger charge is -2.13. The van der Waals surface area contributed by atoms with Crippen LogP contribution in [0.1, 0.15) is 31.6 Å². The van der Waals surface area contributed by atoms with Crippen molar-refractivity contribution in [1.29, 1.82) is 5.26 Å². The molecule has 0 unspecified atom stereocenters. The van der Waals surface area contributed by atoms with Gasteiger partial charge in [-0.25, -0.2) is 8.42 Å². The van der Waals surface area contributed by atoms with Crippen molar-refractivity contribution in [3.8, 4) is 17.5 Å². The molecular weight excluding hydrogens is 316 g/mol. The number of aromatic nitrogens is 2. The third-order valence-corrected chi connectivity index (χ3v) is 4.56. The van der Waals surface area contributed by atoms with Crippen molar-refractivity contribution >= 4 is 15.7 Å². The molecule has 1 aromatic carbocycles. The van der Waals surface area contributed by atoms with Gasteiger partial charge < -0.3 is 4.52 Å². The normalized spacial score (nSPS) is 16.9. The fourth-order valence-corrected chi connectivity index (χ4v) is 3.35. The second kappa shape index (κ2) is 5.66. The summed E-state index contributed by atoms with van der Waals surface area (Å²) in [4.78, 5) is 4.37. The summed E-state index contributed by atoms with van der Waals surface area (Å²) in [6, 6.07) is 8.98. The van der Waals surface area contributed by atoms with Crippen LogP contribution in [0, 0.1) is 11.3 Å². The summed E-state index contributed by atoms with van der Waals surface area (Å²) in [6.45, 7) is 0. The lowest BCUT2D eigenvalue weighted by Crippen LogP contribution is -2.19. The average molecular weight is 332 g/mol. The molecule has 0 aliphatic heterocycles. The van der Waals surface area contributed by atoms with E-state index in [2.05, 4.69) is 20.9 Å². The maximum atomic E-state index is 11.2. The molecule has 7 nitrogen and oxygen atoms in total. The number of anilines is 1. The van der Waals surface area contributed by atoms with E-state index in [4.69, 9.17) is 4.52 Å². The Bertz CT molecular complexity index is 844. The van der Waals surface area contributed by atoms with E-state index in [1.807, 2.05) is 0 Å². The van der Waals surface area contributed by atoms with Gasteiger partial charge in [0.05, 0.1) is 12.3 Å². The van der Waals surface area contributed by atoms with Crippen LogP contribution in [0.3, 0.4) is 0 Å². The van der Waals surface area contributed by atoms with Crippen molar-refractivity contribution in [2.45, 2.75) is 31.1 Å². The summed E-state index contributed by atoms with van der Waals surface area (Å²) >= 11 is 0. The fraction of sp³-hybridized carbons (Fsp3) is 0.400. The standard InChI is InChI=1S/C15H16N4O3S/c1-23(20,21)19-12-6-4-11(5-7-12)13-17-14(22-18-13)15(10-16)8-2-3-9-15/h4-7,19H,2-3,8-9H2,1H3. The van der Waals surface area contributed by atoms with Crippen molar-refractivity contribution in [3.05, 3.63) is 30.2 Å². The van der Waals surface area contributed by atoms with Crippen LogP contribution < -0.4 is 4.72 Å². The number of nitrogens with one attached hydrogen (secondary N) is 1. The number of hydrogen-bond acceptors (Lipinski definition) is 6. The third kappa shape index (κ3) is 3.19. The molecule has 23 heavy (non-hydrogen) atoms. The first-order valence-corrected chi connectivity index (χ1v) is 9.15. The van der Waals surface area contributed by atoms with E-state index < -0.39 is 15.4 Å². The van der Waals surface area contributed by atoms with Crippen molar-refractivity contribution in [3.63, 3.8) is 0 Å². The van der Waals surface area contributed by atoms with Crippen LogP contribution in [0.5, 0.6) is 0 Å². The minimum Gasteiger partial charge on any atom is -0.337 e. The number of sulfonamides is 1. The molecule has 1 saturated carbocycles. The molecule has 3 rings (SSSR count). The lowest BCUT2D eigenvalue weighted by molar-refractivity contribution is 0.321. The maximum absolute atomic E-state index is 11.2. The summed E-state index contributed by atoms with van der Waals surface area (Å²) in [6.07, 6.45) is 4.54. The van der Waals surface area contributed by atoms with Crippen molar-refractivity contribution in [1.82, 2.24) is 10.1 Å². The lowest BCUT2D eigenvalue weighted by atomic mass is 9.88. The summed E-state index contributed by atoms with van der Waals surface area (Å²) < 4.78 is 30.1. The molecule has 0 amide bonds. The average Bonchev–Trinajstić information content (AvgIpc) is 3.16. The Balaban J connectivity index is 1.85. The molecule has 0 spiro atoms. The molecule has 2 aromatic rings. The van der Waals surface area contributed by atoms with E-state index in [1.54, 1.807) is 24.3 Å². The molecule has 1 aliphatic rings. The highest BCUT2D eigenvalue weighted by Crippen LogP contribution is 2.40. The van der Waals surface area contributed by atoms with Gasteiger partial charge in [0, 0.05) is 11.3 Å². The Morgan fingerprint density at radius 1 is 1.26 bits per heavy atom. The quantitative estimate of drug-likeness (QED) is 0.921. The topological polar surface area (TPSA) is 109 Å². The zero-order valence-electron chi connectivity index (χ0n) is 12.6. The molecule has 120 valence electrons. The monoisotopic (exact) mass is 332 g/mol. The van der Waals surface area contributed by atoms with Gasteiger partial charge >= 0.3 is 0 Å². The highest BCUT2D eigenvalue weighted by molar-refractivity contribution is 7.92. The van der Waals surface area contributed by atoms with Gasteiger partial charge in [-0.1, -0.05) is 18.0 Å². The highest BCUT2D eigenvalue weighted by atomic mass is 32.2. The molecule has 1 aromatic heterocycles. The van der Waals surface area contributed by atoms with E-state index in [-0.39, 0.29) is 0 Å². The molecule has 0 radical (unpaired) electrons. The van der Waals surface area contributed by atoms with Crippen LogP contribution in [0.2, 0.25) is 0 Å². The molecule has 0 bridgehead atoms. The smallest absolute Gasteiger partial charge is 0.247 e. The Morgan fingerprint density at radius 2 is 1.91 bits per heavy atom. The van der Waals surface area contributed by atoms with Gasteiger partial charge in [0.25, 0.3) is 0 Å². The van der Waals surface area contributed by atoms with Crippen molar-refractivity contribution < 1.29 is 12.9 Å². The third-order valence-electron chi connectivity index (χ3n) is 3.95. The van der Waals surface area contributed by atoms with Crippen LogP contribution in [0.25, 0.3) is 11.4 Å². The number of nitrogens with zero attached hydrogens (tertiary/aromatic N) is 3. The van der Waals surface area contributed by atoms with E-state index in [0.717, 1.165) is 31.9 Å². The Morgan fingerprint density at radius 3 is 2.48 bits per heavy atom. The van der Waals surface area contributed by atoms with Crippen LogP contribution in [-0.4, -0.2) is 24.8 Å². The van der Waals surface area contributed by atoms with Gasteiger partial charge in [-0.15, -0.1) is 0 Å². The van der Waals surface area contributed by atoms with Crippen molar-refractivity contribution in [2.24, 2.45) is 0 Å². The largest absolute Gasteiger partial charge is 0.337 e. The Kier molecular flexibility index (Phi) is 3.82. The molecular formula is C15H16N4O3S. The summed E-state index contributed by atoms with van der Waals surface area (Å²) in [7, 11) is -3.31.